The van der Waals surface area contributed by atoms with Crippen molar-refractivity contribution in [3.63, 3.8) is 0 Å². The standard InChI is InChI=1S/C12H15NO3S/c1-8(12(13)14)17-9-3-4-10-11(7-9)16-6-2-5-15-10/h3-4,7-8H,2,5-6H2,1H3,(H2,13,14)/t8-/m1/s1. The van der Waals surface area contributed by atoms with Crippen molar-refractivity contribution < 1.29 is 14.3 Å². The molecular formula is C12H15NO3S. The molecular weight excluding hydrogens is 238 g/mol. The van der Waals surface area contributed by atoms with Crippen LogP contribution in [0.2, 0.25) is 0 Å². The van der Waals surface area contributed by atoms with E-state index in [1.165, 1.54) is 11.8 Å². The normalized spacial score (nSPS) is 16.1. The molecule has 5 heteroatoms. The molecule has 2 N–H and O–H groups in total. The molecule has 1 aliphatic rings. The lowest BCUT2D eigenvalue weighted by molar-refractivity contribution is -0.117. The monoisotopic (exact) mass is 253 g/mol. The second-order valence-corrected chi connectivity index (χ2v) is 5.24. The maximum absolute atomic E-state index is 11.0. The second kappa shape index (κ2) is 5.31. The van der Waals surface area contributed by atoms with Gasteiger partial charge in [-0.05, 0) is 25.1 Å². The molecule has 0 fully saturated rings. The van der Waals surface area contributed by atoms with E-state index in [9.17, 15) is 4.79 Å². The number of primary amides is 1. The van der Waals surface area contributed by atoms with Crippen LogP contribution in [0.25, 0.3) is 0 Å². The quantitative estimate of drug-likeness (QED) is 0.835. The highest BCUT2D eigenvalue weighted by atomic mass is 32.2. The van der Waals surface area contributed by atoms with E-state index in [2.05, 4.69) is 0 Å². The van der Waals surface area contributed by atoms with Gasteiger partial charge in [-0.15, -0.1) is 11.8 Å². The zero-order chi connectivity index (χ0) is 12.3. The van der Waals surface area contributed by atoms with Gasteiger partial charge in [0, 0.05) is 11.3 Å². The van der Waals surface area contributed by atoms with Crippen molar-refractivity contribution in [2.75, 3.05) is 13.2 Å². The van der Waals surface area contributed by atoms with E-state index in [-0.39, 0.29) is 11.2 Å². The average molecular weight is 253 g/mol. The van der Waals surface area contributed by atoms with Crippen LogP contribution in [0, 0.1) is 0 Å². The average Bonchev–Trinajstić information content (AvgIpc) is 2.53. The van der Waals surface area contributed by atoms with E-state index in [0.29, 0.717) is 13.2 Å². The highest BCUT2D eigenvalue weighted by Crippen LogP contribution is 2.35. The van der Waals surface area contributed by atoms with Crippen LogP contribution in [0.5, 0.6) is 11.5 Å². The Labute approximate surface area is 104 Å². The number of hydrogen-bond donors (Lipinski definition) is 1. The fourth-order valence-electron chi connectivity index (χ4n) is 1.48. The van der Waals surface area contributed by atoms with Gasteiger partial charge in [-0.2, -0.15) is 0 Å². The summed E-state index contributed by atoms with van der Waals surface area (Å²) in [4.78, 5) is 12.0. The second-order valence-electron chi connectivity index (χ2n) is 3.82. The molecule has 1 heterocycles. The Hall–Kier alpha value is -1.36. The number of thioether (sulfide) groups is 1. The van der Waals surface area contributed by atoms with Gasteiger partial charge >= 0.3 is 0 Å². The lowest BCUT2D eigenvalue weighted by Crippen LogP contribution is -2.22. The number of fused-ring (bicyclic) bond motifs is 1. The van der Waals surface area contributed by atoms with E-state index >= 15 is 0 Å². The predicted molar refractivity (Wildman–Crippen MR) is 66.6 cm³/mol. The Balaban J connectivity index is 2.15. The maximum atomic E-state index is 11.0. The Morgan fingerprint density at radius 1 is 1.35 bits per heavy atom. The first-order valence-corrected chi connectivity index (χ1v) is 6.40. The maximum Gasteiger partial charge on any atom is 0.230 e. The van der Waals surface area contributed by atoms with Gasteiger partial charge in [0.2, 0.25) is 5.91 Å². The van der Waals surface area contributed by atoms with Crippen LogP contribution in [0.3, 0.4) is 0 Å². The number of carbonyl (C=O) groups excluding carboxylic acids is 1. The molecule has 0 bridgehead atoms. The van der Waals surface area contributed by atoms with E-state index in [0.717, 1.165) is 22.8 Å². The summed E-state index contributed by atoms with van der Waals surface area (Å²) < 4.78 is 11.1. The molecule has 0 saturated heterocycles. The van der Waals surface area contributed by atoms with E-state index in [1.807, 2.05) is 18.2 Å². The van der Waals surface area contributed by atoms with Gasteiger partial charge in [0.1, 0.15) is 0 Å². The highest BCUT2D eigenvalue weighted by molar-refractivity contribution is 8.00. The smallest absolute Gasteiger partial charge is 0.230 e. The minimum absolute atomic E-state index is 0.250. The minimum Gasteiger partial charge on any atom is -0.490 e. The van der Waals surface area contributed by atoms with Crippen LogP contribution in [0.1, 0.15) is 13.3 Å². The summed E-state index contributed by atoms with van der Waals surface area (Å²) in [6.45, 7) is 3.12. The number of amides is 1. The molecule has 1 aromatic carbocycles. The third-order valence-corrected chi connectivity index (χ3v) is 3.54. The summed E-state index contributed by atoms with van der Waals surface area (Å²) in [6.07, 6.45) is 0.884. The molecule has 0 saturated carbocycles. The largest absolute Gasteiger partial charge is 0.490 e. The summed E-state index contributed by atoms with van der Waals surface area (Å²) in [6, 6.07) is 5.68. The Kier molecular flexibility index (Phi) is 3.78. The molecule has 2 rings (SSSR count). The zero-order valence-corrected chi connectivity index (χ0v) is 10.5. The summed E-state index contributed by atoms with van der Waals surface area (Å²) >= 11 is 1.42. The van der Waals surface area contributed by atoms with Crippen LogP contribution in [0.15, 0.2) is 23.1 Å². The zero-order valence-electron chi connectivity index (χ0n) is 9.64. The molecule has 1 aliphatic heterocycles. The number of nitrogens with two attached hydrogens (primary N) is 1. The number of hydrogen-bond acceptors (Lipinski definition) is 4. The van der Waals surface area contributed by atoms with Crippen molar-refractivity contribution in [1.82, 2.24) is 0 Å². The van der Waals surface area contributed by atoms with Gasteiger partial charge in [-0.25, -0.2) is 0 Å². The van der Waals surface area contributed by atoms with Crippen molar-refractivity contribution >= 4 is 17.7 Å². The highest BCUT2D eigenvalue weighted by Gasteiger charge is 2.14. The van der Waals surface area contributed by atoms with Gasteiger partial charge in [-0.1, -0.05) is 0 Å². The Morgan fingerprint density at radius 2 is 2.06 bits per heavy atom. The number of rotatable bonds is 3. The first-order chi connectivity index (χ1) is 8.16. The molecule has 0 unspecified atom stereocenters. The Morgan fingerprint density at radius 3 is 2.76 bits per heavy atom. The first-order valence-electron chi connectivity index (χ1n) is 5.52. The van der Waals surface area contributed by atoms with Crippen LogP contribution in [-0.2, 0) is 4.79 Å². The lowest BCUT2D eigenvalue weighted by atomic mass is 10.3. The fourth-order valence-corrected chi connectivity index (χ4v) is 2.33. The van der Waals surface area contributed by atoms with Gasteiger partial charge < -0.3 is 15.2 Å². The minimum atomic E-state index is -0.317. The summed E-state index contributed by atoms with van der Waals surface area (Å²) in [5, 5.41) is -0.250. The van der Waals surface area contributed by atoms with Gasteiger partial charge in [0.15, 0.2) is 11.5 Å². The van der Waals surface area contributed by atoms with Crippen LogP contribution >= 0.6 is 11.8 Å². The van der Waals surface area contributed by atoms with Crippen molar-refractivity contribution in [2.45, 2.75) is 23.5 Å². The van der Waals surface area contributed by atoms with E-state index in [4.69, 9.17) is 15.2 Å². The van der Waals surface area contributed by atoms with Crippen molar-refractivity contribution in [2.24, 2.45) is 5.73 Å². The van der Waals surface area contributed by atoms with Crippen molar-refractivity contribution in [3.05, 3.63) is 18.2 Å². The van der Waals surface area contributed by atoms with Crippen LogP contribution < -0.4 is 15.2 Å². The van der Waals surface area contributed by atoms with Gasteiger partial charge in [0.05, 0.1) is 18.5 Å². The molecule has 0 radical (unpaired) electrons. The van der Waals surface area contributed by atoms with Gasteiger partial charge in [-0.3, -0.25) is 4.79 Å². The van der Waals surface area contributed by atoms with Gasteiger partial charge in [0.25, 0.3) is 0 Å². The molecule has 0 aromatic heterocycles. The predicted octanol–water partition coefficient (Wildman–Crippen LogP) is 1.81. The molecule has 4 nitrogen and oxygen atoms in total. The molecule has 1 amide bonds. The molecule has 0 spiro atoms. The third-order valence-electron chi connectivity index (χ3n) is 2.43. The molecule has 17 heavy (non-hydrogen) atoms. The number of benzene rings is 1. The van der Waals surface area contributed by atoms with Crippen LogP contribution in [0.4, 0.5) is 0 Å². The number of carbonyl (C=O) groups is 1. The van der Waals surface area contributed by atoms with Crippen LogP contribution in [-0.4, -0.2) is 24.4 Å². The summed E-state index contributed by atoms with van der Waals surface area (Å²) in [5.41, 5.74) is 5.23. The summed E-state index contributed by atoms with van der Waals surface area (Å²) in [7, 11) is 0. The molecule has 0 aliphatic carbocycles. The Bertz CT molecular complexity index is 422. The van der Waals surface area contributed by atoms with E-state index in [1.54, 1.807) is 6.92 Å². The topological polar surface area (TPSA) is 61.6 Å². The molecule has 92 valence electrons. The third kappa shape index (κ3) is 3.06. The SMILES string of the molecule is C[C@@H](Sc1ccc2c(c1)OCCCO2)C(N)=O. The first kappa shape index (κ1) is 12.1. The van der Waals surface area contributed by atoms with Crippen molar-refractivity contribution in [3.8, 4) is 11.5 Å². The fraction of sp³-hybridized carbons (Fsp3) is 0.417. The summed E-state index contributed by atoms with van der Waals surface area (Å²) in [5.74, 6) is 1.19. The van der Waals surface area contributed by atoms with Crippen molar-refractivity contribution in [1.29, 1.82) is 0 Å². The van der Waals surface area contributed by atoms with E-state index < -0.39 is 0 Å². The molecule has 1 atom stereocenters. The molecule has 1 aromatic rings. The number of ether oxygens (including phenoxy) is 2. The lowest BCUT2D eigenvalue weighted by Gasteiger charge is -2.11.